The number of carbonyl (C=O) groups excluding carboxylic acids is 2. The molecule has 0 spiro atoms. The number of benzene rings is 2. The highest BCUT2D eigenvalue weighted by atomic mass is 19.1. The number of halogens is 1. The lowest BCUT2D eigenvalue weighted by Gasteiger charge is -2.34. The van der Waals surface area contributed by atoms with Gasteiger partial charge >= 0.3 is 0 Å². The Labute approximate surface area is 163 Å². The number of amides is 2. The summed E-state index contributed by atoms with van der Waals surface area (Å²) in [6.07, 6.45) is 0. The third-order valence-corrected chi connectivity index (χ3v) is 4.60. The molecule has 1 fully saturated rings. The van der Waals surface area contributed by atoms with Crippen LogP contribution in [0.2, 0.25) is 0 Å². The maximum absolute atomic E-state index is 12.9. The van der Waals surface area contributed by atoms with Gasteiger partial charge in [-0.3, -0.25) is 14.5 Å². The van der Waals surface area contributed by atoms with E-state index < -0.39 is 0 Å². The largest absolute Gasteiger partial charge is 0.484 e. The molecule has 1 aliphatic heterocycles. The Kier molecular flexibility index (Phi) is 6.60. The minimum Gasteiger partial charge on any atom is -0.484 e. The molecule has 3 rings (SSSR count). The normalized spacial score (nSPS) is 14.6. The molecule has 0 atom stereocenters. The maximum Gasteiger partial charge on any atom is 0.260 e. The minimum absolute atomic E-state index is 0.00805. The van der Waals surface area contributed by atoms with Crippen molar-refractivity contribution in [1.82, 2.24) is 9.80 Å². The molecule has 148 valence electrons. The maximum atomic E-state index is 12.9. The van der Waals surface area contributed by atoms with Gasteiger partial charge in [-0.15, -0.1) is 0 Å². The van der Waals surface area contributed by atoms with Gasteiger partial charge in [-0.25, -0.2) is 4.39 Å². The van der Waals surface area contributed by atoms with E-state index in [1.54, 1.807) is 4.90 Å². The number of hydrogen-bond acceptors (Lipinski definition) is 4. The minimum atomic E-state index is -0.342. The van der Waals surface area contributed by atoms with Gasteiger partial charge in [-0.1, -0.05) is 17.7 Å². The summed E-state index contributed by atoms with van der Waals surface area (Å²) < 4.78 is 18.5. The SMILES string of the molecule is Cc1ccc(OCC(=O)N2CCN(CC(=O)Nc3ccc(F)cc3)CC2)cc1. The monoisotopic (exact) mass is 385 g/mol. The van der Waals surface area contributed by atoms with Crippen LogP contribution in [0.25, 0.3) is 0 Å². The highest BCUT2D eigenvalue weighted by Gasteiger charge is 2.22. The van der Waals surface area contributed by atoms with Crippen molar-refractivity contribution in [2.24, 2.45) is 0 Å². The van der Waals surface area contributed by atoms with Gasteiger partial charge in [0.2, 0.25) is 5.91 Å². The van der Waals surface area contributed by atoms with Crippen molar-refractivity contribution in [3.05, 3.63) is 59.9 Å². The third kappa shape index (κ3) is 5.79. The average Bonchev–Trinajstić information content (AvgIpc) is 2.69. The number of aryl methyl sites for hydroxylation is 1. The Morgan fingerprint density at radius 3 is 2.29 bits per heavy atom. The highest BCUT2D eigenvalue weighted by molar-refractivity contribution is 5.92. The van der Waals surface area contributed by atoms with Crippen LogP contribution in [0.3, 0.4) is 0 Å². The Morgan fingerprint density at radius 2 is 1.64 bits per heavy atom. The van der Waals surface area contributed by atoms with Crippen molar-refractivity contribution in [2.45, 2.75) is 6.92 Å². The lowest BCUT2D eigenvalue weighted by Crippen LogP contribution is -2.51. The molecule has 6 nitrogen and oxygen atoms in total. The number of carbonyl (C=O) groups is 2. The van der Waals surface area contributed by atoms with Crippen molar-refractivity contribution in [3.8, 4) is 5.75 Å². The predicted molar refractivity (Wildman–Crippen MR) is 105 cm³/mol. The number of nitrogens with zero attached hydrogens (tertiary/aromatic N) is 2. The van der Waals surface area contributed by atoms with E-state index in [1.165, 1.54) is 24.3 Å². The van der Waals surface area contributed by atoms with Crippen LogP contribution in [0, 0.1) is 12.7 Å². The average molecular weight is 385 g/mol. The number of anilines is 1. The van der Waals surface area contributed by atoms with Crippen LogP contribution >= 0.6 is 0 Å². The summed E-state index contributed by atoms with van der Waals surface area (Å²) in [5.74, 6) is 0.116. The Bertz CT molecular complexity index is 801. The first kappa shape index (κ1) is 19.8. The quantitative estimate of drug-likeness (QED) is 0.829. The summed E-state index contributed by atoms with van der Waals surface area (Å²) in [7, 11) is 0. The number of ether oxygens (including phenoxy) is 1. The summed E-state index contributed by atoms with van der Waals surface area (Å²) in [4.78, 5) is 28.2. The molecule has 28 heavy (non-hydrogen) atoms. The second-order valence-corrected chi connectivity index (χ2v) is 6.81. The fourth-order valence-electron chi connectivity index (χ4n) is 2.96. The molecule has 1 N–H and O–H groups in total. The van der Waals surface area contributed by atoms with Gasteiger partial charge in [0.05, 0.1) is 6.54 Å². The van der Waals surface area contributed by atoms with Crippen molar-refractivity contribution >= 4 is 17.5 Å². The van der Waals surface area contributed by atoms with Crippen LogP contribution in [0.1, 0.15) is 5.56 Å². The molecular weight excluding hydrogens is 361 g/mol. The Hall–Kier alpha value is -2.93. The molecule has 2 aromatic rings. The van der Waals surface area contributed by atoms with E-state index in [1.807, 2.05) is 36.1 Å². The summed E-state index contributed by atoms with van der Waals surface area (Å²) >= 11 is 0. The van der Waals surface area contributed by atoms with E-state index in [-0.39, 0.29) is 30.8 Å². The first-order valence-corrected chi connectivity index (χ1v) is 9.24. The van der Waals surface area contributed by atoms with Crippen LogP contribution in [0.4, 0.5) is 10.1 Å². The van der Waals surface area contributed by atoms with Crippen LogP contribution in [0.5, 0.6) is 5.75 Å². The fraction of sp³-hybridized carbons (Fsp3) is 0.333. The molecule has 0 unspecified atom stereocenters. The molecule has 0 radical (unpaired) electrons. The number of nitrogens with one attached hydrogen (secondary N) is 1. The summed E-state index contributed by atoms with van der Waals surface area (Å²) in [5, 5.41) is 2.74. The third-order valence-electron chi connectivity index (χ3n) is 4.60. The lowest BCUT2D eigenvalue weighted by molar-refractivity contribution is -0.135. The zero-order valence-corrected chi connectivity index (χ0v) is 15.9. The molecule has 0 bridgehead atoms. The molecule has 0 aliphatic carbocycles. The molecular formula is C21H24FN3O3. The highest BCUT2D eigenvalue weighted by Crippen LogP contribution is 2.12. The van der Waals surface area contributed by atoms with Crippen molar-refractivity contribution in [2.75, 3.05) is 44.6 Å². The van der Waals surface area contributed by atoms with Gasteiger partial charge in [0.25, 0.3) is 5.91 Å². The van der Waals surface area contributed by atoms with E-state index in [0.29, 0.717) is 37.6 Å². The number of piperazine rings is 1. The fourth-order valence-corrected chi connectivity index (χ4v) is 2.96. The number of rotatable bonds is 6. The van der Waals surface area contributed by atoms with E-state index in [0.717, 1.165) is 5.56 Å². The van der Waals surface area contributed by atoms with Gasteiger partial charge in [0.1, 0.15) is 11.6 Å². The molecule has 2 aromatic carbocycles. The molecule has 1 saturated heterocycles. The molecule has 0 aromatic heterocycles. The van der Waals surface area contributed by atoms with Crippen molar-refractivity contribution in [1.29, 1.82) is 0 Å². The van der Waals surface area contributed by atoms with E-state index in [4.69, 9.17) is 4.74 Å². The number of hydrogen-bond donors (Lipinski definition) is 1. The van der Waals surface area contributed by atoms with Crippen molar-refractivity contribution < 1.29 is 18.7 Å². The molecule has 1 aliphatic rings. The smallest absolute Gasteiger partial charge is 0.260 e. The Balaban J connectivity index is 1.38. The molecule has 2 amide bonds. The van der Waals surface area contributed by atoms with E-state index in [2.05, 4.69) is 5.32 Å². The molecule has 1 heterocycles. The lowest BCUT2D eigenvalue weighted by atomic mass is 10.2. The summed E-state index contributed by atoms with van der Waals surface area (Å²) in [6.45, 7) is 4.59. The van der Waals surface area contributed by atoms with Crippen LogP contribution in [0.15, 0.2) is 48.5 Å². The predicted octanol–water partition coefficient (Wildman–Crippen LogP) is 2.30. The molecule has 0 saturated carbocycles. The van der Waals surface area contributed by atoms with Gasteiger partial charge in [0.15, 0.2) is 6.61 Å². The first-order valence-electron chi connectivity index (χ1n) is 9.24. The van der Waals surface area contributed by atoms with Gasteiger partial charge < -0.3 is 15.0 Å². The zero-order valence-electron chi connectivity index (χ0n) is 15.9. The standard InChI is InChI=1S/C21H24FN3O3/c1-16-2-8-19(9-3-16)28-15-21(27)25-12-10-24(11-13-25)14-20(26)23-18-6-4-17(22)5-7-18/h2-9H,10-15H2,1H3,(H,23,26). The topological polar surface area (TPSA) is 61.9 Å². The van der Waals surface area contributed by atoms with Crippen LogP contribution < -0.4 is 10.1 Å². The van der Waals surface area contributed by atoms with Crippen molar-refractivity contribution in [3.63, 3.8) is 0 Å². The second kappa shape index (κ2) is 9.32. The van der Waals surface area contributed by atoms with Crippen LogP contribution in [-0.2, 0) is 9.59 Å². The zero-order chi connectivity index (χ0) is 19.9. The van der Waals surface area contributed by atoms with E-state index >= 15 is 0 Å². The van der Waals surface area contributed by atoms with Gasteiger partial charge in [-0.2, -0.15) is 0 Å². The van der Waals surface area contributed by atoms with Gasteiger partial charge in [-0.05, 0) is 43.3 Å². The Morgan fingerprint density at radius 1 is 1.00 bits per heavy atom. The van der Waals surface area contributed by atoms with Gasteiger partial charge in [0, 0.05) is 31.9 Å². The molecule has 7 heteroatoms. The summed E-state index contributed by atoms with van der Waals surface area (Å²) in [6, 6.07) is 13.2. The van der Waals surface area contributed by atoms with E-state index in [9.17, 15) is 14.0 Å². The summed E-state index contributed by atoms with van der Waals surface area (Å²) in [5.41, 5.74) is 1.70. The first-order chi connectivity index (χ1) is 13.5. The van der Waals surface area contributed by atoms with Crippen LogP contribution in [-0.4, -0.2) is 60.9 Å². The second-order valence-electron chi connectivity index (χ2n) is 6.81.